The Hall–Kier alpha value is -2.76. The second-order valence-corrected chi connectivity index (χ2v) is 8.72. The molecule has 0 saturated carbocycles. The minimum atomic E-state index is -3.70. The van der Waals surface area contributed by atoms with Crippen molar-refractivity contribution < 1.29 is 18.1 Å². The lowest BCUT2D eigenvalue weighted by atomic mass is 10.3. The van der Waals surface area contributed by atoms with Gasteiger partial charge in [0, 0.05) is 43.3 Å². The molecule has 0 radical (unpaired) electrons. The maximum atomic E-state index is 12.7. The molecule has 2 heterocycles. The molecule has 1 aromatic heterocycles. The minimum absolute atomic E-state index is 0.0978. The first kappa shape index (κ1) is 21.0. The van der Waals surface area contributed by atoms with Gasteiger partial charge in [0.15, 0.2) is 0 Å². The second-order valence-electron chi connectivity index (χ2n) is 6.35. The van der Waals surface area contributed by atoms with Gasteiger partial charge in [0.2, 0.25) is 15.9 Å². The lowest BCUT2D eigenvalue weighted by Crippen LogP contribution is -2.51. The first-order valence-corrected chi connectivity index (χ1v) is 10.4. The molecule has 0 aliphatic carbocycles. The zero-order valence-electron chi connectivity index (χ0n) is 15.1. The van der Waals surface area contributed by atoms with Gasteiger partial charge in [-0.3, -0.25) is 24.3 Å². The van der Waals surface area contributed by atoms with Gasteiger partial charge in [0.1, 0.15) is 6.54 Å². The van der Waals surface area contributed by atoms with Crippen LogP contribution in [-0.4, -0.2) is 59.2 Å². The molecule has 1 aliphatic rings. The summed E-state index contributed by atoms with van der Waals surface area (Å²) in [5.74, 6) is -0.420. The third-order valence-corrected chi connectivity index (χ3v) is 6.69. The largest absolute Gasteiger partial charge is 0.339 e. The van der Waals surface area contributed by atoms with Crippen molar-refractivity contribution >= 4 is 33.2 Å². The van der Waals surface area contributed by atoms with Gasteiger partial charge in [-0.2, -0.15) is 4.31 Å². The Balaban J connectivity index is 1.65. The zero-order chi connectivity index (χ0) is 21.2. The number of carbonyl (C=O) groups excluding carboxylic acids is 1. The van der Waals surface area contributed by atoms with Crippen LogP contribution in [0.1, 0.15) is 0 Å². The smallest absolute Gasteiger partial charge is 0.285 e. The Kier molecular flexibility index (Phi) is 6.01. The standard InChI is InChI=1S/C17H17ClN4O6S/c18-13-1-4-15(5-2-13)29(27,28)21-9-7-19(8-10-21)17(24)12-20-11-14(22(25)26)3-6-16(20)23/h1-6,11H,7-10,12H2. The van der Waals surface area contributed by atoms with Crippen molar-refractivity contribution in [3.05, 3.63) is 68.1 Å². The number of sulfonamides is 1. The van der Waals surface area contributed by atoms with Crippen LogP contribution < -0.4 is 5.56 Å². The average molecular weight is 441 g/mol. The molecule has 0 N–H and O–H groups in total. The molecule has 1 amide bonds. The SMILES string of the molecule is O=C(Cn1cc([N+](=O)[O-])ccc1=O)N1CCN(S(=O)(=O)c2ccc(Cl)cc2)CC1. The summed E-state index contributed by atoms with van der Waals surface area (Å²) in [7, 11) is -3.70. The van der Waals surface area contributed by atoms with E-state index in [-0.39, 0.29) is 43.3 Å². The maximum Gasteiger partial charge on any atom is 0.285 e. The number of nitrogens with zero attached hydrogens (tertiary/aromatic N) is 4. The molecule has 0 unspecified atom stereocenters. The van der Waals surface area contributed by atoms with E-state index in [9.17, 15) is 28.1 Å². The molecular formula is C17H17ClN4O6S. The Bertz CT molecular complexity index is 1090. The minimum Gasteiger partial charge on any atom is -0.339 e. The molecule has 10 nitrogen and oxygen atoms in total. The summed E-state index contributed by atoms with van der Waals surface area (Å²) in [6, 6.07) is 7.93. The Morgan fingerprint density at radius 2 is 1.69 bits per heavy atom. The number of hydrogen-bond acceptors (Lipinski definition) is 6. The van der Waals surface area contributed by atoms with Crippen molar-refractivity contribution in [1.82, 2.24) is 13.8 Å². The summed E-state index contributed by atoms with van der Waals surface area (Å²) in [5.41, 5.74) is -0.829. The number of benzene rings is 1. The summed E-state index contributed by atoms with van der Waals surface area (Å²) in [5, 5.41) is 11.3. The van der Waals surface area contributed by atoms with Crippen molar-refractivity contribution in [3.63, 3.8) is 0 Å². The number of pyridine rings is 1. The van der Waals surface area contributed by atoms with Crippen molar-refractivity contribution in [3.8, 4) is 0 Å². The molecule has 0 bridgehead atoms. The number of rotatable bonds is 5. The molecule has 0 spiro atoms. The van der Waals surface area contributed by atoms with Crippen molar-refractivity contribution in [2.24, 2.45) is 0 Å². The number of piperazine rings is 1. The lowest BCUT2D eigenvalue weighted by molar-refractivity contribution is -0.385. The first-order valence-electron chi connectivity index (χ1n) is 8.57. The summed E-state index contributed by atoms with van der Waals surface area (Å²) in [6.07, 6.45) is 1.02. The van der Waals surface area contributed by atoms with Crippen LogP contribution in [0.2, 0.25) is 5.02 Å². The second kappa shape index (κ2) is 8.31. The maximum absolute atomic E-state index is 12.7. The molecule has 1 aliphatic heterocycles. The molecule has 12 heteroatoms. The number of halogens is 1. The molecule has 29 heavy (non-hydrogen) atoms. The van der Waals surface area contributed by atoms with E-state index >= 15 is 0 Å². The van der Waals surface area contributed by atoms with Crippen molar-refractivity contribution in [2.75, 3.05) is 26.2 Å². The number of hydrogen-bond donors (Lipinski definition) is 0. The molecule has 2 aromatic rings. The molecule has 0 atom stereocenters. The van der Waals surface area contributed by atoms with Crippen LogP contribution in [0.3, 0.4) is 0 Å². The van der Waals surface area contributed by atoms with Crippen LogP contribution in [0.25, 0.3) is 0 Å². The van der Waals surface area contributed by atoms with E-state index in [0.29, 0.717) is 5.02 Å². The van der Waals surface area contributed by atoms with Gasteiger partial charge in [-0.1, -0.05) is 11.6 Å². The van der Waals surface area contributed by atoms with E-state index in [1.54, 1.807) is 0 Å². The highest BCUT2D eigenvalue weighted by Gasteiger charge is 2.30. The van der Waals surface area contributed by atoms with Gasteiger partial charge in [-0.15, -0.1) is 0 Å². The van der Waals surface area contributed by atoms with Gasteiger partial charge in [0.25, 0.3) is 11.2 Å². The summed E-state index contributed by atoms with van der Waals surface area (Å²) in [6.45, 7) is 0.135. The highest BCUT2D eigenvalue weighted by atomic mass is 35.5. The van der Waals surface area contributed by atoms with E-state index < -0.39 is 26.4 Å². The Morgan fingerprint density at radius 1 is 1.07 bits per heavy atom. The zero-order valence-corrected chi connectivity index (χ0v) is 16.7. The predicted molar refractivity (Wildman–Crippen MR) is 104 cm³/mol. The number of amides is 1. The van der Waals surface area contributed by atoms with E-state index in [1.165, 1.54) is 33.5 Å². The normalized spacial score (nSPS) is 15.3. The predicted octanol–water partition coefficient (Wildman–Crippen LogP) is 0.943. The average Bonchev–Trinajstić information content (AvgIpc) is 2.70. The van der Waals surface area contributed by atoms with Crippen LogP contribution in [0.4, 0.5) is 5.69 Å². The molecule has 154 valence electrons. The highest BCUT2D eigenvalue weighted by molar-refractivity contribution is 7.89. The highest BCUT2D eigenvalue weighted by Crippen LogP contribution is 2.20. The van der Waals surface area contributed by atoms with Crippen LogP contribution in [0, 0.1) is 10.1 Å². The van der Waals surface area contributed by atoms with Crippen molar-refractivity contribution in [2.45, 2.75) is 11.4 Å². The van der Waals surface area contributed by atoms with E-state index in [2.05, 4.69) is 0 Å². The van der Waals surface area contributed by atoms with Gasteiger partial charge < -0.3 is 4.90 Å². The fourth-order valence-electron chi connectivity index (χ4n) is 2.93. The number of carbonyl (C=O) groups is 1. The van der Waals surface area contributed by atoms with Gasteiger partial charge in [0.05, 0.1) is 16.0 Å². The quantitative estimate of drug-likeness (QED) is 0.503. The van der Waals surface area contributed by atoms with Crippen LogP contribution in [0.15, 0.2) is 52.3 Å². The first-order chi connectivity index (χ1) is 13.7. The third-order valence-electron chi connectivity index (χ3n) is 4.53. The molecular weight excluding hydrogens is 424 g/mol. The van der Waals surface area contributed by atoms with Gasteiger partial charge in [-0.05, 0) is 24.3 Å². The number of nitro groups is 1. The van der Waals surface area contributed by atoms with Crippen LogP contribution in [-0.2, 0) is 21.4 Å². The summed E-state index contributed by atoms with van der Waals surface area (Å²) >= 11 is 5.79. The molecule has 1 aromatic carbocycles. The lowest BCUT2D eigenvalue weighted by Gasteiger charge is -2.34. The van der Waals surface area contributed by atoms with Crippen LogP contribution in [0.5, 0.6) is 0 Å². The Labute approximate surface area is 171 Å². The van der Waals surface area contributed by atoms with E-state index in [0.717, 1.165) is 22.9 Å². The summed E-state index contributed by atoms with van der Waals surface area (Å²) in [4.78, 5) is 36.1. The fraction of sp³-hybridized carbons (Fsp3) is 0.294. The molecule has 1 saturated heterocycles. The summed E-state index contributed by atoms with van der Waals surface area (Å²) < 4.78 is 27.6. The van der Waals surface area contributed by atoms with Crippen LogP contribution >= 0.6 is 11.6 Å². The van der Waals surface area contributed by atoms with Gasteiger partial charge >= 0.3 is 0 Å². The van der Waals surface area contributed by atoms with E-state index in [4.69, 9.17) is 11.6 Å². The number of aromatic nitrogens is 1. The Morgan fingerprint density at radius 3 is 2.28 bits per heavy atom. The molecule has 1 fully saturated rings. The van der Waals surface area contributed by atoms with Crippen molar-refractivity contribution in [1.29, 1.82) is 0 Å². The molecule has 3 rings (SSSR count). The monoisotopic (exact) mass is 440 g/mol. The fourth-order valence-corrected chi connectivity index (χ4v) is 4.48. The third kappa shape index (κ3) is 4.63. The van der Waals surface area contributed by atoms with E-state index in [1.807, 2.05) is 0 Å². The topological polar surface area (TPSA) is 123 Å². The van der Waals surface area contributed by atoms with Gasteiger partial charge in [-0.25, -0.2) is 8.42 Å².